The van der Waals surface area contributed by atoms with Crippen molar-refractivity contribution in [2.75, 3.05) is 0 Å². The van der Waals surface area contributed by atoms with E-state index < -0.39 is 0 Å². The summed E-state index contributed by atoms with van der Waals surface area (Å²) >= 11 is 0. The molecule has 0 radical (unpaired) electrons. The van der Waals surface area contributed by atoms with Crippen molar-refractivity contribution >= 4 is 5.78 Å². The summed E-state index contributed by atoms with van der Waals surface area (Å²) < 4.78 is 0. The summed E-state index contributed by atoms with van der Waals surface area (Å²) in [4.78, 5) is 12.3. The van der Waals surface area contributed by atoms with E-state index in [1.165, 1.54) is 16.7 Å². The molecular weight excluding hydrogens is 232 g/mol. The third-order valence-electron chi connectivity index (χ3n) is 3.73. The average molecular weight is 260 g/mol. The van der Waals surface area contributed by atoms with Gasteiger partial charge in [-0.1, -0.05) is 60.6 Å². The fraction of sp³-hybridized carbons (Fsp3) is 0.611. The molecule has 0 N–H and O–H groups in total. The molecule has 1 nitrogen and oxygen atoms in total. The predicted molar refractivity (Wildman–Crippen MR) is 83.3 cm³/mol. The Morgan fingerprint density at radius 1 is 0.895 bits per heavy atom. The van der Waals surface area contributed by atoms with Gasteiger partial charge in [-0.25, -0.2) is 0 Å². The van der Waals surface area contributed by atoms with Crippen molar-refractivity contribution in [3.05, 3.63) is 34.4 Å². The second-order valence-corrected chi connectivity index (χ2v) is 6.32. The van der Waals surface area contributed by atoms with E-state index in [1.54, 1.807) is 0 Å². The van der Waals surface area contributed by atoms with Gasteiger partial charge in [0.15, 0.2) is 5.78 Å². The number of benzene rings is 1. The summed E-state index contributed by atoms with van der Waals surface area (Å²) in [6, 6.07) is 4.48. The Kier molecular flexibility index (Phi) is 5.34. The van der Waals surface area contributed by atoms with Crippen LogP contribution in [0.4, 0.5) is 0 Å². The van der Waals surface area contributed by atoms with Crippen LogP contribution in [0.1, 0.15) is 99.7 Å². The first-order valence-corrected chi connectivity index (χ1v) is 7.50. The van der Waals surface area contributed by atoms with Gasteiger partial charge in [0.05, 0.1) is 0 Å². The van der Waals surface area contributed by atoms with E-state index in [9.17, 15) is 4.79 Å². The second-order valence-electron chi connectivity index (χ2n) is 6.32. The average Bonchev–Trinajstić information content (AvgIpc) is 2.35. The summed E-state index contributed by atoms with van der Waals surface area (Å²) in [6.07, 6.45) is 0.584. The number of rotatable bonds is 5. The van der Waals surface area contributed by atoms with Crippen LogP contribution >= 0.6 is 0 Å². The minimum Gasteiger partial charge on any atom is -0.294 e. The number of carbonyl (C=O) groups excluding carboxylic acids is 1. The predicted octanol–water partition coefficient (Wildman–Crippen LogP) is 5.65. The van der Waals surface area contributed by atoms with E-state index in [-0.39, 0.29) is 5.78 Å². The van der Waals surface area contributed by atoms with Crippen LogP contribution in [0.2, 0.25) is 0 Å². The normalized spacial score (nSPS) is 11.7. The topological polar surface area (TPSA) is 17.1 Å². The van der Waals surface area contributed by atoms with Crippen molar-refractivity contribution in [1.82, 2.24) is 0 Å². The van der Waals surface area contributed by atoms with Gasteiger partial charge in [-0.15, -0.1) is 0 Å². The molecule has 0 aliphatic heterocycles. The lowest BCUT2D eigenvalue weighted by Gasteiger charge is -2.21. The Balaban J connectivity index is 3.60. The fourth-order valence-electron chi connectivity index (χ4n) is 2.45. The molecule has 0 saturated carbocycles. The second kappa shape index (κ2) is 6.36. The van der Waals surface area contributed by atoms with E-state index in [2.05, 4.69) is 53.7 Å². The molecule has 1 rings (SSSR count). The van der Waals surface area contributed by atoms with Gasteiger partial charge < -0.3 is 0 Å². The molecule has 0 atom stereocenters. The van der Waals surface area contributed by atoms with E-state index in [0.717, 1.165) is 5.56 Å². The maximum absolute atomic E-state index is 12.3. The molecule has 0 unspecified atom stereocenters. The lowest BCUT2D eigenvalue weighted by atomic mass is 9.82. The minimum absolute atomic E-state index is 0.280. The standard InChI is InChI=1S/C18H28O/c1-8-17(19)18-15(12(4)5)9-14(11(2)3)10-16(18)13(6)7/h9-13H,8H2,1-7H3. The van der Waals surface area contributed by atoms with Crippen molar-refractivity contribution in [3.63, 3.8) is 0 Å². The van der Waals surface area contributed by atoms with Crippen LogP contribution in [0, 0.1) is 0 Å². The van der Waals surface area contributed by atoms with Crippen LogP contribution in [0.25, 0.3) is 0 Å². The monoisotopic (exact) mass is 260 g/mol. The molecule has 0 heterocycles. The number of hydrogen-bond donors (Lipinski definition) is 0. The van der Waals surface area contributed by atoms with Crippen LogP contribution in [0.5, 0.6) is 0 Å². The van der Waals surface area contributed by atoms with Gasteiger partial charge in [-0.3, -0.25) is 4.79 Å². The zero-order valence-corrected chi connectivity index (χ0v) is 13.5. The molecule has 1 aromatic rings. The maximum Gasteiger partial charge on any atom is 0.163 e. The van der Waals surface area contributed by atoms with Crippen LogP contribution < -0.4 is 0 Å². The first-order valence-electron chi connectivity index (χ1n) is 7.50. The first-order chi connectivity index (χ1) is 8.79. The highest BCUT2D eigenvalue weighted by Crippen LogP contribution is 2.32. The Morgan fingerprint density at radius 2 is 1.32 bits per heavy atom. The Labute approximate surface area is 118 Å². The Bertz CT molecular complexity index is 424. The highest BCUT2D eigenvalue weighted by atomic mass is 16.1. The molecule has 0 fully saturated rings. The first kappa shape index (κ1) is 15.9. The quantitative estimate of drug-likeness (QED) is 0.625. The summed E-state index contributed by atoms with van der Waals surface area (Å²) in [5.41, 5.74) is 4.78. The zero-order valence-electron chi connectivity index (χ0n) is 13.5. The highest BCUT2D eigenvalue weighted by Gasteiger charge is 2.20. The van der Waals surface area contributed by atoms with Gasteiger partial charge in [-0.2, -0.15) is 0 Å². The van der Waals surface area contributed by atoms with E-state index in [1.807, 2.05) is 6.92 Å². The van der Waals surface area contributed by atoms with E-state index in [4.69, 9.17) is 0 Å². The fourth-order valence-corrected chi connectivity index (χ4v) is 2.45. The number of ketones is 1. The molecule has 106 valence electrons. The Hall–Kier alpha value is -1.11. The summed E-state index contributed by atoms with van der Waals surface area (Å²) in [5.74, 6) is 1.56. The van der Waals surface area contributed by atoms with Gasteiger partial charge >= 0.3 is 0 Å². The van der Waals surface area contributed by atoms with Gasteiger partial charge in [0.1, 0.15) is 0 Å². The molecule has 0 aliphatic rings. The highest BCUT2D eigenvalue weighted by molar-refractivity contribution is 5.99. The third kappa shape index (κ3) is 3.46. The molecule has 0 aromatic heterocycles. The van der Waals surface area contributed by atoms with Gasteiger partial charge in [0, 0.05) is 12.0 Å². The number of hydrogen-bond acceptors (Lipinski definition) is 1. The van der Waals surface area contributed by atoms with Crippen LogP contribution in [-0.4, -0.2) is 5.78 Å². The van der Waals surface area contributed by atoms with Gasteiger partial charge in [-0.05, 0) is 34.4 Å². The molecule has 19 heavy (non-hydrogen) atoms. The van der Waals surface area contributed by atoms with Crippen molar-refractivity contribution in [3.8, 4) is 0 Å². The number of carbonyl (C=O) groups is 1. The summed E-state index contributed by atoms with van der Waals surface area (Å²) in [5, 5.41) is 0. The zero-order chi connectivity index (χ0) is 14.7. The van der Waals surface area contributed by atoms with Gasteiger partial charge in [0.2, 0.25) is 0 Å². The maximum atomic E-state index is 12.3. The van der Waals surface area contributed by atoms with Crippen molar-refractivity contribution < 1.29 is 4.79 Å². The van der Waals surface area contributed by atoms with Crippen LogP contribution in [-0.2, 0) is 0 Å². The van der Waals surface area contributed by atoms with Crippen LogP contribution in [0.15, 0.2) is 12.1 Å². The molecule has 1 aromatic carbocycles. The van der Waals surface area contributed by atoms with Crippen molar-refractivity contribution in [2.45, 2.75) is 72.6 Å². The molecule has 0 saturated heterocycles. The molecule has 1 heteroatoms. The SMILES string of the molecule is CCC(=O)c1c(C(C)C)cc(C(C)C)cc1C(C)C. The minimum atomic E-state index is 0.280. The smallest absolute Gasteiger partial charge is 0.163 e. The molecule has 0 spiro atoms. The summed E-state index contributed by atoms with van der Waals surface area (Å²) in [7, 11) is 0. The molecule has 0 bridgehead atoms. The summed E-state index contributed by atoms with van der Waals surface area (Å²) in [6.45, 7) is 15.1. The van der Waals surface area contributed by atoms with Crippen LogP contribution in [0.3, 0.4) is 0 Å². The van der Waals surface area contributed by atoms with Crippen molar-refractivity contribution in [1.29, 1.82) is 0 Å². The largest absolute Gasteiger partial charge is 0.294 e. The van der Waals surface area contributed by atoms with E-state index >= 15 is 0 Å². The van der Waals surface area contributed by atoms with E-state index in [0.29, 0.717) is 24.2 Å². The molecule has 0 aliphatic carbocycles. The third-order valence-corrected chi connectivity index (χ3v) is 3.73. The van der Waals surface area contributed by atoms with Crippen molar-refractivity contribution in [2.24, 2.45) is 0 Å². The van der Waals surface area contributed by atoms with Gasteiger partial charge in [0.25, 0.3) is 0 Å². The molecular formula is C18H28O. The Morgan fingerprint density at radius 3 is 1.58 bits per heavy atom. The lowest BCUT2D eigenvalue weighted by Crippen LogP contribution is -2.11. The lowest BCUT2D eigenvalue weighted by molar-refractivity contribution is 0.0985. The molecule has 0 amide bonds. The number of Topliss-reactive ketones (excluding diaryl/α,β-unsaturated/α-hetero) is 1.